The predicted molar refractivity (Wildman–Crippen MR) is 117 cm³/mol. The molecule has 2 atom stereocenters. The summed E-state index contributed by atoms with van der Waals surface area (Å²) in [6, 6.07) is 16.6. The van der Waals surface area contributed by atoms with Gasteiger partial charge in [-0.3, -0.25) is 4.79 Å². The first-order chi connectivity index (χ1) is 15.1. The van der Waals surface area contributed by atoms with Gasteiger partial charge in [0.2, 0.25) is 0 Å². The minimum absolute atomic E-state index is 0.0278. The summed E-state index contributed by atoms with van der Waals surface area (Å²) in [6.45, 7) is 5.53. The maximum absolute atomic E-state index is 13.4. The molecule has 0 bridgehead atoms. The van der Waals surface area contributed by atoms with Gasteiger partial charge >= 0.3 is 6.18 Å². The van der Waals surface area contributed by atoms with Crippen LogP contribution in [0, 0.1) is 0 Å². The van der Waals surface area contributed by atoms with E-state index in [0.717, 1.165) is 40.1 Å². The molecule has 2 aliphatic rings. The summed E-state index contributed by atoms with van der Waals surface area (Å²) in [7, 11) is 0. The van der Waals surface area contributed by atoms with Crippen LogP contribution in [0.1, 0.15) is 55.0 Å². The highest BCUT2D eigenvalue weighted by Gasteiger charge is 2.43. The van der Waals surface area contributed by atoms with E-state index in [2.05, 4.69) is 5.32 Å². The van der Waals surface area contributed by atoms with Crippen LogP contribution in [-0.4, -0.2) is 11.3 Å². The van der Waals surface area contributed by atoms with Crippen molar-refractivity contribution in [2.24, 2.45) is 0 Å². The SMILES string of the molecule is C[C@@H]1C(=O)C(C)(C)Nc2ccc3c(c21)[C@@H](c1cccc(C(F)(F)F)c1)Oc1ccccc1-3. The number of rotatable bonds is 1. The number of carbonyl (C=O) groups excluding carboxylic acids is 1. The number of carbonyl (C=O) groups is 1. The Balaban J connectivity index is 1.78. The van der Waals surface area contributed by atoms with Crippen LogP contribution in [0.15, 0.2) is 60.7 Å². The van der Waals surface area contributed by atoms with Gasteiger partial charge in [0.05, 0.1) is 11.1 Å². The van der Waals surface area contributed by atoms with Crippen molar-refractivity contribution in [1.29, 1.82) is 0 Å². The molecule has 3 nitrogen and oxygen atoms in total. The molecule has 32 heavy (non-hydrogen) atoms. The Morgan fingerprint density at radius 1 is 0.938 bits per heavy atom. The third-order valence-electron chi connectivity index (χ3n) is 6.38. The third kappa shape index (κ3) is 3.08. The fourth-order valence-electron chi connectivity index (χ4n) is 4.89. The minimum Gasteiger partial charge on any atom is -0.480 e. The molecule has 0 amide bonds. The molecular formula is C26H22F3NO2. The summed E-state index contributed by atoms with van der Waals surface area (Å²) in [5.74, 6) is 0.198. The van der Waals surface area contributed by atoms with Gasteiger partial charge in [0.25, 0.3) is 0 Å². The predicted octanol–water partition coefficient (Wildman–Crippen LogP) is 6.73. The fraction of sp³-hybridized carbons (Fsp3) is 0.269. The van der Waals surface area contributed by atoms with Crippen molar-refractivity contribution in [3.05, 3.63) is 82.9 Å². The standard InChI is InChI=1S/C26H22F3NO2/c1-14-21-19(30-25(2,3)24(14)31)12-11-18-17-9-4-5-10-20(17)32-23(22(18)21)15-7-6-8-16(13-15)26(27,28)29/h4-14,23,30H,1-3H3/t14-,23+/m0/s1. The lowest BCUT2D eigenvalue weighted by molar-refractivity contribution is -0.137. The number of hydrogen-bond donors (Lipinski definition) is 1. The molecular weight excluding hydrogens is 415 g/mol. The molecule has 0 radical (unpaired) electrons. The van der Waals surface area contributed by atoms with Crippen LogP contribution in [0.2, 0.25) is 0 Å². The summed E-state index contributed by atoms with van der Waals surface area (Å²) in [4.78, 5) is 13.1. The van der Waals surface area contributed by atoms with E-state index in [1.165, 1.54) is 6.07 Å². The van der Waals surface area contributed by atoms with Crippen molar-refractivity contribution in [3.8, 4) is 16.9 Å². The Bertz CT molecular complexity index is 1250. The zero-order chi connectivity index (χ0) is 22.8. The van der Waals surface area contributed by atoms with Gasteiger partial charge < -0.3 is 10.1 Å². The second kappa shape index (κ2) is 6.86. The normalized spacial score (nSPS) is 21.0. The van der Waals surface area contributed by atoms with Gasteiger partial charge in [-0.15, -0.1) is 0 Å². The van der Waals surface area contributed by atoms with Crippen LogP contribution in [0.3, 0.4) is 0 Å². The first kappa shape index (κ1) is 20.6. The highest BCUT2D eigenvalue weighted by atomic mass is 19.4. The second-order valence-electron chi connectivity index (χ2n) is 8.94. The molecule has 5 rings (SSSR count). The number of anilines is 1. The zero-order valence-corrected chi connectivity index (χ0v) is 17.9. The number of benzene rings is 3. The van der Waals surface area contributed by atoms with Crippen molar-refractivity contribution in [3.63, 3.8) is 0 Å². The molecule has 2 heterocycles. The molecule has 164 valence electrons. The summed E-state index contributed by atoms with van der Waals surface area (Å²) in [5.41, 5.74) is 2.99. The largest absolute Gasteiger partial charge is 0.480 e. The molecule has 3 aromatic carbocycles. The number of fused-ring (bicyclic) bond motifs is 5. The summed E-state index contributed by atoms with van der Waals surface area (Å²) < 4.78 is 46.6. The van der Waals surface area contributed by atoms with Gasteiger partial charge in [0.15, 0.2) is 5.78 Å². The lowest BCUT2D eigenvalue weighted by Crippen LogP contribution is -2.47. The molecule has 0 unspecified atom stereocenters. The Hall–Kier alpha value is -3.28. The number of ketones is 1. The topological polar surface area (TPSA) is 38.3 Å². The van der Waals surface area contributed by atoms with Gasteiger partial charge in [-0.05, 0) is 54.8 Å². The van der Waals surface area contributed by atoms with Crippen LogP contribution in [-0.2, 0) is 11.0 Å². The van der Waals surface area contributed by atoms with E-state index in [1.807, 2.05) is 57.2 Å². The molecule has 3 aromatic rings. The summed E-state index contributed by atoms with van der Waals surface area (Å²) >= 11 is 0. The quantitative estimate of drug-likeness (QED) is 0.459. The molecule has 0 aromatic heterocycles. The molecule has 0 aliphatic carbocycles. The summed E-state index contributed by atoms with van der Waals surface area (Å²) in [5, 5.41) is 3.31. The van der Waals surface area contributed by atoms with Crippen molar-refractivity contribution >= 4 is 11.5 Å². The van der Waals surface area contributed by atoms with E-state index in [9.17, 15) is 18.0 Å². The molecule has 1 N–H and O–H groups in total. The number of Topliss-reactive ketones (excluding diaryl/α,β-unsaturated/α-hetero) is 1. The van der Waals surface area contributed by atoms with Crippen molar-refractivity contribution in [2.75, 3.05) is 5.32 Å². The number of hydrogen-bond acceptors (Lipinski definition) is 3. The van der Waals surface area contributed by atoms with E-state index in [-0.39, 0.29) is 5.78 Å². The second-order valence-corrected chi connectivity index (χ2v) is 8.94. The number of halogens is 3. The number of nitrogens with one attached hydrogen (secondary N) is 1. The van der Waals surface area contributed by atoms with Crippen LogP contribution >= 0.6 is 0 Å². The van der Waals surface area contributed by atoms with Crippen LogP contribution in [0.5, 0.6) is 5.75 Å². The van der Waals surface area contributed by atoms with Gasteiger partial charge in [-0.2, -0.15) is 13.2 Å². The number of ether oxygens (including phenoxy) is 1. The first-order valence-electron chi connectivity index (χ1n) is 10.5. The third-order valence-corrected chi connectivity index (χ3v) is 6.38. The van der Waals surface area contributed by atoms with Crippen molar-refractivity contribution < 1.29 is 22.7 Å². The van der Waals surface area contributed by atoms with Crippen LogP contribution in [0.25, 0.3) is 11.1 Å². The zero-order valence-electron chi connectivity index (χ0n) is 17.9. The average Bonchev–Trinajstić information content (AvgIpc) is 2.75. The number of alkyl halides is 3. The average molecular weight is 437 g/mol. The van der Waals surface area contributed by atoms with Crippen molar-refractivity contribution in [2.45, 2.75) is 44.5 Å². The Labute approximate surface area is 184 Å². The Morgan fingerprint density at radius 3 is 2.44 bits per heavy atom. The summed E-state index contributed by atoms with van der Waals surface area (Å²) in [6.07, 6.45) is -5.23. The van der Waals surface area contributed by atoms with E-state index in [1.54, 1.807) is 6.07 Å². The maximum Gasteiger partial charge on any atom is 0.416 e. The fourth-order valence-corrected chi connectivity index (χ4v) is 4.89. The molecule has 2 aliphatic heterocycles. The van der Waals surface area contributed by atoms with E-state index in [0.29, 0.717) is 11.3 Å². The molecule has 0 saturated heterocycles. The first-order valence-corrected chi connectivity index (χ1v) is 10.5. The smallest absolute Gasteiger partial charge is 0.416 e. The van der Waals surface area contributed by atoms with Crippen LogP contribution < -0.4 is 10.1 Å². The van der Waals surface area contributed by atoms with E-state index in [4.69, 9.17) is 4.74 Å². The lowest BCUT2D eigenvalue weighted by Gasteiger charge is -2.40. The Morgan fingerprint density at radius 2 is 1.69 bits per heavy atom. The van der Waals surface area contributed by atoms with Gasteiger partial charge in [0, 0.05) is 22.7 Å². The van der Waals surface area contributed by atoms with Gasteiger partial charge in [-0.1, -0.05) is 43.3 Å². The van der Waals surface area contributed by atoms with Crippen LogP contribution in [0.4, 0.5) is 18.9 Å². The minimum atomic E-state index is -4.46. The van der Waals surface area contributed by atoms with Gasteiger partial charge in [-0.25, -0.2) is 0 Å². The molecule has 0 fully saturated rings. The highest BCUT2D eigenvalue weighted by molar-refractivity contribution is 6.01. The maximum atomic E-state index is 13.4. The number of para-hydroxylation sites is 1. The molecule has 0 spiro atoms. The van der Waals surface area contributed by atoms with E-state index < -0.39 is 29.3 Å². The highest BCUT2D eigenvalue weighted by Crippen LogP contribution is 2.51. The van der Waals surface area contributed by atoms with E-state index >= 15 is 0 Å². The van der Waals surface area contributed by atoms with Gasteiger partial charge in [0.1, 0.15) is 11.9 Å². The molecule has 0 saturated carbocycles. The lowest BCUT2D eigenvalue weighted by atomic mass is 9.74. The molecule has 6 heteroatoms. The monoisotopic (exact) mass is 437 g/mol. The van der Waals surface area contributed by atoms with Crippen molar-refractivity contribution in [1.82, 2.24) is 0 Å². The Kier molecular flexibility index (Phi) is 4.42.